The molecule has 1 aromatic heterocycles. The zero-order chi connectivity index (χ0) is 15.6. The van der Waals surface area contributed by atoms with Gasteiger partial charge in [-0.1, -0.05) is 11.6 Å². The minimum absolute atomic E-state index is 0.171. The van der Waals surface area contributed by atoms with Crippen LogP contribution in [0.15, 0.2) is 18.3 Å². The highest BCUT2D eigenvalue weighted by molar-refractivity contribution is 7.88. The first kappa shape index (κ1) is 16.0. The van der Waals surface area contributed by atoms with Crippen molar-refractivity contribution in [2.24, 2.45) is 0 Å². The molecule has 0 spiro atoms. The Morgan fingerprint density at radius 1 is 1.57 bits per heavy atom. The van der Waals surface area contributed by atoms with Gasteiger partial charge in [-0.25, -0.2) is 13.4 Å². The summed E-state index contributed by atoms with van der Waals surface area (Å²) in [6.45, 7) is 0.614. The molecular weight excluding hydrogens is 318 g/mol. The van der Waals surface area contributed by atoms with E-state index in [1.807, 2.05) is 0 Å². The lowest BCUT2D eigenvalue weighted by Gasteiger charge is -2.39. The van der Waals surface area contributed by atoms with Crippen molar-refractivity contribution >= 4 is 27.5 Å². The average molecular weight is 334 g/mol. The number of halogens is 1. The van der Waals surface area contributed by atoms with E-state index in [-0.39, 0.29) is 18.6 Å². The number of sulfonamides is 1. The van der Waals surface area contributed by atoms with Crippen LogP contribution >= 0.6 is 11.6 Å². The number of hydrogen-bond acceptors (Lipinski definition) is 5. The third-order valence-corrected chi connectivity index (χ3v) is 4.68. The fraction of sp³-hybridized carbons (Fsp3) is 0.500. The summed E-state index contributed by atoms with van der Waals surface area (Å²) in [5, 5.41) is 0.416. The normalized spacial score (nSPS) is 15.9. The second-order valence-electron chi connectivity index (χ2n) is 4.85. The number of likely N-dealkylation sites (tertiary alicyclic amines) is 1. The Hall–Kier alpha value is -1.38. The third-order valence-electron chi connectivity index (χ3n) is 3.13. The van der Waals surface area contributed by atoms with Crippen LogP contribution in [0.4, 0.5) is 0 Å². The van der Waals surface area contributed by atoms with E-state index < -0.39 is 10.0 Å². The van der Waals surface area contributed by atoms with E-state index in [1.165, 1.54) is 11.9 Å². The van der Waals surface area contributed by atoms with Gasteiger partial charge in [0.1, 0.15) is 11.1 Å². The minimum atomic E-state index is -3.36. The number of rotatable bonds is 5. The molecule has 0 atom stereocenters. The first-order valence-electron chi connectivity index (χ1n) is 6.23. The molecule has 2 rings (SSSR count). The second-order valence-corrected chi connectivity index (χ2v) is 7.34. The van der Waals surface area contributed by atoms with Crippen LogP contribution in [0, 0.1) is 0 Å². The van der Waals surface area contributed by atoms with Crippen molar-refractivity contribution in [3.05, 3.63) is 23.4 Å². The summed E-state index contributed by atoms with van der Waals surface area (Å²) in [4.78, 5) is 17.4. The Kier molecular flexibility index (Phi) is 4.70. The standard InChI is InChI=1S/C12H16ClN3O4S/c1-15(21(2,18)19)8-11(17)16-6-9(7-16)20-12-10(13)4-3-5-14-12/h3-5,9H,6-8H2,1-2H3. The first-order valence-corrected chi connectivity index (χ1v) is 8.46. The summed E-state index contributed by atoms with van der Waals surface area (Å²) in [5.41, 5.74) is 0. The van der Waals surface area contributed by atoms with E-state index >= 15 is 0 Å². The fourth-order valence-corrected chi connectivity index (χ4v) is 2.25. The highest BCUT2D eigenvalue weighted by Crippen LogP contribution is 2.23. The van der Waals surface area contributed by atoms with E-state index in [0.29, 0.717) is 24.0 Å². The maximum Gasteiger partial charge on any atom is 0.238 e. The van der Waals surface area contributed by atoms with E-state index in [1.54, 1.807) is 18.3 Å². The highest BCUT2D eigenvalue weighted by atomic mass is 35.5. The number of nitrogens with zero attached hydrogens (tertiary/aromatic N) is 3. The zero-order valence-corrected chi connectivity index (χ0v) is 13.3. The predicted octanol–water partition coefficient (Wildman–Crippen LogP) is 0.216. The molecule has 0 aliphatic carbocycles. The topological polar surface area (TPSA) is 79.8 Å². The van der Waals surface area contributed by atoms with Gasteiger partial charge in [0.05, 0.1) is 25.9 Å². The molecule has 1 aliphatic rings. The van der Waals surface area contributed by atoms with E-state index in [4.69, 9.17) is 16.3 Å². The number of hydrogen-bond donors (Lipinski definition) is 0. The van der Waals surface area contributed by atoms with Crippen molar-refractivity contribution in [2.75, 3.05) is 32.9 Å². The van der Waals surface area contributed by atoms with Gasteiger partial charge in [-0.15, -0.1) is 0 Å². The van der Waals surface area contributed by atoms with Crippen molar-refractivity contribution in [1.29, 1.82) is 0 Å². The molecule has 116 valence electrons. The van der Waals surface area contributed by atoms with Crippen LogP contribution in [0.1, 0.15) is 0 Å². The molecule has 1 aromatic rings. The van der Waals surface area contributed by atoms with Crippen LogP contribution in [0.3, 0.4) is 0 Å². The largest absolute Gasteiger partial charge is 0.470 e. The number of amides is 1. The van der Waals surface area contributed by atoms with Gasteiger partial charge in [-0.05, 0) is 12.1 Å². The number of aromatic nitrogens is 1. The molecule has 1 saturated heterocycles. The van der Waals surface area contributed by atoms with Gasteiger partial charge in [-0.3, -0.25) is 4.79 Å². The van der Waals surface area contributed by atoms with Gasteiger partial charge < -0.3 is 9.64 Å². The molecule has 0 N–H and O–H groups in total. The van der Waals surface area contributed by atoms with Crippen molar-refractivity contribution < 1.29 is 17.9 Å². The van der Waals surface area contributed by atoms with Crippen LogP contribution in [-0.4, -0.2) is 67.6 Å². The molecule has 0 radical (unpaired) electrons. The molecule has 0 bridgehead atoms. The lowest BCUT2D eigenvalue weighted by atomic mass is 10.1. The van der Waals surface area contributed by atoms with Gasteiger partial charge in [0.25, 0.3) is 0 Å². The number of pyridine rings is 1. The molecule has 1 fully saturated rings. The number of carbonyl (C=O) groups is 1. The van der Waals surface area contributed by atoms with Crippen molar-refractivity contribution in [1.82, 2.24) is 14.2 Å². The summed E-state index contributed by atoms with van der Waals surface area (Å²) in [5.74, 6) is 0.0828. The number of likely N-dealkylation sites (N-methyl/N-ethyl adjacent to an activating group) is 1. The van der Waals surface area contributed by atoms with E-state index in [2.05, 4.69) is 4.98 Å². The third kappa shape index (κ3) is 4.05. The molecular formula is C12H16ClN3O4S. The monoisotopic (exact) mass is 333 g/mol. The molecule has 2 heterocycles. The molecule has 7 nitrogen and oxygen atoms in total. The van der Waals surface area contributed by atoms with Crippen LogP contribution in [0.25, 0.3) is 0 Å². The quantitative estimate of drug-likeness (QED) is 0.770. The molecule has 0 saturated carbocycles. The van der Waals surface area contributed by atoms with E-state index in [0.717, 1.165) is 10.6 Å². The summed E-state index contributed by atoms with van der Waals surface area (Å²) in [7, 11) is -1.99. The smallest absolute Gasteiger partial charge is 0.238 e. The molecule has 0 unspecified atom stereocenters. The van der Waals surface area contributed by atoms with Crippen LogP contribution < -0.4 is 4.74 Å². The van der Waals surface area contributed by atoms with Crippen molar-refractivity contribution in [3.63, 3.8) is 0 Å². The van der Waals surface area contributed by atoms with E-state index in [9.17, 15) is 13.2 Å². The SMILES string of the molecule is CN(CC(=O)N1CC(Oc2ncccc2Cl)C1)S(C)(=O)=O. The Balaban J connectivity index is 1.81. The lowest BCUT2D eigenvalue weighted by Crippen LogP contribution is -2.58. The average Bonchev–Trinajstić information content (AvgIpc) is 2.33. The molecule has 1 aliphatic heterocycles. The summed E-state index contributed by atoms with van der Waals surface area (Å²) >= 11 is 5.93. The molecule has 21 heavy (non-hydrogen) atoms. The highest BCUT2D eigenvalue weighted by Gasteiger charge is 2.33. The maximum atomic E-state index is 11.9. The summed E-state index contributed by atoms with van der Waals surface area (Å²) < 4.78 is 29.1. The molecule has 0 aromatic carbocycles. The minimum Gasteiger partial charge on any atom is -0.470 e. The zero-order valence-electron chi connectivity index (χ0n) is 11.7. The van der Waals surface area contributed by atoms with Gasteiger partial charge in [0.2, 0.25) is 21.8 Å². The Labute approximate surface area is 128 Å². The van der Waals surface area contributed by atoms with Gasteiger partial charge in [-0.2, -0.15) is 4.31 Å². The van der Waals surface area contributed by atoms with Gasteiger partial charge >= 0.3 is 0 Å². The maximum absolute atomic E-state index is 11.9. The number of carbonyl (C=O) groups excluding carboxylic acids is 1. The van der Waals surface area contributed by atoms with Crippen molar-refractivity contribution in [3.8, 4) is 5.88 Å². The fourth-order valence-electron chi connectivity index (χ4n) is 1.74. The van der Waals surface area contributed by atoms with Gasteiger partial charge in [0, 0.05) is 13.2 Å². The Bertz CT molecular complexity index is 631. The lowest BCUT2D eigenvalue weighted by molar-refractivity contribution is -0.140. The van der Waals surface area contributed by atoms with Gasteiger partial charge in [0.15, 0.2) is 0 Å². The Morgan fingerprint density at radius 3 is 2.81 bits per heavy atom. The second kappa shape index (κ2) is 6.17. The van der Waals surface area contributed by atoms with Crippen molar-refractivity contribution in [2.45, 2.75) is 6.10 Å². The van der Waals surface area contributed by atoms with Crippen LogP contribution in [0.2, 0.25) is 5.02 Å². The summed E-state index contributed by atoms with van der Waals surface area (Å²) in [6.07, 6.45) is 2.46. The number of ether oxygens (including phenoxy) is 1. The molecule has 1 amide bonds. The summed E-state index contributed by atoms with van der Waals surface area (Å²) in [6, 6.07) is 3.37. The van der Waals surface area contributed by atoms with Crippen LogP contribution in [0.5, 0.6) is 5.88 Å². The molecule has 9 heteroatoms. The first-order chi connectivity index (χ1) is 9.77. The van der Waals surface area contributed by atoms with Crippen LogP contribution in [-0.2, 0) is 14.8 Å². The predicted molar refractivity (Wildman–Crippen MR) is 77.7 cm³/mol. The Morgan fingerprint density at radius 2 is 2.24 bits per heavy atom.